The van der Waals surface area contributed by atoms with E-state index in [1.54, 1.807) is 54.6 Å². The lowest BCUT2D eigenvalue weighted by Gasteiger charge is -2.28. The molecule has 1 fully saturated rings. The van der Waals surface area contributed by atoms with Gasteiger partial charge >= 0.3 is 0 Å². The normalized spacial score (nSPS) is 13.4. The molecular formula is C25H26N4O4. The number of carbonyl (C=O) groups excluding carboxylic acids is 2. The van der Waals surface area contributed by atoms with Crippen LogP contribution >= 0.6 is 0 Å². The van der Waals surface area contributed by atoms with Gasteiger partial charge in [-0.3, -0.25) is 9.59 Å². The van der Waals surface area contributed by atoms with E-state index in [4.69, 9.17) is 9.47 Å². The number of ketones is 1. The van der Waals surface area contributed by atoms with Crippen LogP contribution in [0.4, 0.5) is 5.82 Å². The summed E-state index contributed by atoms with van der Waals surface area (Å²) in [6, 6.07) is 17.5. The summed E-state index contributed by atoms with van der Waals surface area (Å²) in [4.78, 5) is 36.6. The molecular weight excluding hydrogens is 420 g/mol. The van der Waals surface area contributed by atoms with Crippen molar-refractivity contribution in [3.05, 3.63) is 83.2 Å². The van der Waals surface area contributed by atoms with Gasteiger partial charge in [-0.2, -0.15) is 4.98 Å². The molecule has 4 rings (SSSR count). The van der Waals surface area contributed by atoms with Crippen molar-refractivity contribution < 1.29 is 19.1 Å². The molecule has 1 aliphatic heterocycles. The van der Waals surface area contributed by atoms with Crippen molar-refractivity contribution in [3.63, 3.8) is 0 Å². The Labute approximate surface area is 192 Å². The molecule has 0 atom stereocenters. The molecule has 3 aromatic rings. The second-order valence-corrected chi connectivity index (χ2v) is 7.56. The molecule has 0 radical (unpaired) electrons. The Morgan fingerprint density at radius 3 is 2.45 bits per heavy atom. The van der Waals surface area contributed by atoms with Crippen LogP contribution in [0.25, 0.3) is 0 Å². The number of morpholine rings is 1. The van der Waals surface area contributed by atoms with Gasteiger partial charge in [0.05, 0.1) is 25.3 Å². The molecule has 1 aliphatic rings. The number of hydrogen-bond acceptors (Lipinski definition) is 7. The van der Waals surface area contributed by atoms with Gasteiger partial charge in [-0.1, -0.05) is 48.5 Å². The highest BCUT2D eigenvalue weighted by Gasteiger charge is 2.18. The minimum Gasteiger partial charge on any atom is -0.476 e. The molecule has 2 aromatic carbocycles. The van der Waals surface area contributed by atoms with Crippen LogP contribution in [-0.2, 0) is 4.74 Å². The smallest absolute Gasteiger partial charge is 0.252 e. The van der Waals surface area contributed by atoms with Crippen molar-refractivity contribution in [1.29, 1.82) is 0 Å². The fourth-order valence-corrected chi connectivity index (χ4v) is 3.59. The van der Waals surface area contributed by atoms with Crippen molar-refractivity contribution in [3.8, 4) is 5.88 Å². The molecule has 0 unspecified atom stereocenters. The Kier molecular flexibility index (Phi) is 7.26. The van der Waals surface area contributed by atoms with Crippen LogP contribution in [0, 0.1) is 6.92 Å². The van der Waals surface area contributed by atoms with Gasteiger partial charge in [0.2, 0.25) is 5.88 Å². The molecule has 1 N–H and O–H groups in total. The van der Waals surface area contributed by atoms with E-state index in [0.717, 1.165) is 18.9 Å². The maximum atomic E-state index is 12.9. The van der Waals surface area contributed by atoms with Gasteiger partial charge in [0, 0.05) is 30.3 Å². The number of carbonyl (C=O) groups is 2. The molecule has 8 nitrogen and oxygen atoms in total. The average Bonchev–Trinajstić information content (AvgIpc) is 2.87. The summed E-state index contributed by atoms with van der Waals surface area (Å²) in [7, 11) is 0. The number of aromatic nitrogens is 2. The number of ether oxygens (including phenoxy) is 2. The molecule has 1 saturated heterocycles. The summed E-state index contributed by atoms with van der Waals surface area (Å²) in [5, 5.41) is 2.82. The van der Waals surface area contributed by atoms with Gasteiger partial charge in [-0.25, -0.2) is 4.98 Å². The van der Waals surface area contributed by atoms with Gasteiger partial charge in [0.15, 0.2) is 5.78 Å². The maximum absolute atomic E-state index is 12.9. The van der Waals surface area contributed by atoms with Crippen LogP contribution in [0.1, 0.15) is 32.1 Å². The third-order valence-corrected chi connectivity index (χ3v) is 5.23. The Hall–Kier alpha value is -3.78. The number of amides is 1. The van der Waals surface area contributed by atoms with Crippen LogP contribution in [0.3, 0.4) is 0 Å². The largest absolute Gasteiger partial charge is 0.476 e. The molecule has 2 heterocycles. The third-order valence-electron chi connectivity index (χ3n) is 5.23. The van der Waals surface area contributed by atoms with E-state index < -0.39 is 0 Å². The highest BCUT2D eigenvalue weighted by molar-refractivity contribution is 6.15. The fourth-order valence-electron chi connectivity index (χ4n) is 3.59. The summed E-state index contributed by atoms with van der Waals surface area (Å²) in [6.45, 7) is 5.20. The first-order valence-corrected chi connectivity index (χ1v) is 10.9. The lowest BCUT2D eigenvalue weighted by Crippen LogP contribution is -2.37. The van der Waals surface area contributed by atoms with Crippen molar-refractivity contribution in [2.45, 2.75) is 6.92 Å². The van der Waals surface area contributed by atoms with E-state index in [1.165, 1.54) is 0 Å². The Balaban J connectivity index is 1.35. The highest BCUT2D eigenvalue weighted by Crippen LogP contribution is 2.19. The average molecular weight is 447 g/mol. The molecule has 170 valence electrons. The Morgan fingerprint density at radius 2 is 1.70 bits per heavy atom. The zero-order valence-corrected chi connectivity index (χ0v) is 18.5. The number of hydrogen-bond donors (Lipinski definition) is 1. The molecule has 0 saturated carbocycles. The number of rotatable bonds is 8. The van der Waals surface area contributed by atoms with E-state index in [9.17, 15) is 9.59 Å². The van der Waals surface area contributed by atoms with Crippen molar-refractivity contribution >= 4 is 17.5 Å². The number of nitrogens with zero attached hydrogens (tertiary/aromatic N) is 3. The third kappa shape index (κ3) is 5.72. The first-order valence-electron chi connectivity index (χ1n) is 10.9. The minimum atomic E-state index is -0.327. The standard InChI is InChI=1S/C25H26N4O4/c1-18-27-22(29-12-15-32-16-13-29)17-23(28-18)33-14-11-26-25(31)21-10-6-5-9-20(21)24(30)19-7-3-2-4-8-19/h2-10,17H,11-16H2,1H3,(H,26,31). The lowest BCUT2D eigenvalue weighted by molar-refractivity contribution is 0.0936. The van der Waals surface area contributed by atoms with E-state index in [1.807, 2.05) is 13.0 Å². The van der Waals surface area contributed by atoms with Crippen LogP contribution in [-0.4, -0.2) is 61.1 Å². The van der Waals surface area contributed by atoms with Crippen LogP contribution < -0.4 is 15.0 Å². The molecule has 1 amide bonds. The maximum Gasteiger partial charge on any atom is 0.252 e. The predicted molar refractivity (Wildman–Crippen MR) is 124 cm³/mol. The van der Waals surface area contributed by atoms with Crippen molar-refractivity contribution in [2.24, 2.45) is 0 Å². The summed E-state index contributed by atoms with van der Waals surface area (Å²) < 4.78 is 11.2. The van der Waals surface area contributed by atoms with Gasteiger partial charge < -0.3 is 19.7 Å². The summed E-state index contributed by atoms with van der Waals surface area (Å²) in [5.74, 6) is 1.36. The van der Waals surface area contributed by atoms with Crippen molar-refractivity contribution in [1.82, 2.24) is 15.3 Å². The minimum absolute atomic E-state index is 0.190. The number of benzene rings is 2. The van der Waals surface area contributed by atoms with Crippen LogP contribution in [0.5, 0.6) is 5.88 Å². The van der Waals surface area contributed by atoms with Crippen molar-refractivity contribution in [2.75, 3.05) is 44.4 Å². The molecule has 0 bridgehead atoms. The molecule has 8 heteroatoms. The molecule has 33 heavy (non-hydrogen) atoms. The van der Waals surface area contributed by atoms with E-state index in [0.29, 0.717) is 41.6 Å². The molecule has 1 aromatic heterocycles. The van der Waals surface area contributed by atoms with E-state index in [2.05, 4.69) is 20.2 Å². The van der Waals surface area contributed by atoms with Gasteiger partial charge in [0.25, 0.3) is 5.91 Å². The SMILES string of the molecule is Cc1nc(OCCNC(=O)c2ccccc2C(=O)c2ccccc2)cc(N2CCOCC2)n1. The highest BCUT2D eigenvalue weighted by atomic mass is 16.5. The van der Waals surface area contributed by atoms with Gasteiger partial charge in [0.1, 0.15) is 18.2 Å². The zero-order chi connectivity index (χ0) is 23.0. The number of aryl methyl sites for hydroxylation is 1. The van der Waals surface area contributed by atoms with E-state index >= 15 is 0 Å². The summed E-state index contributed by atoms with van der Waals surface area (Å²) in [6.07, 6.45) is 0. The topological polar surface area (TPSA) is 93.6 Å². The fraction of sp³-hybridized carbons (Fsp3) is 0.280. The monoisotopic (exact) mass is 446 g/mol. The van der Waals surface area contributed by atoms with Gasteiger partial charge in [-0.15, -0.1) is 0 Å². The Morgan fingerprint density at radius 1 is 1.00 bits per heavy atom. The predicted octanol–water partition coefficient (Wildman–Crippen LogP) is 2.66. The number of nitrogens with one attached hydrogen (secondary N) is 1. The second-order valence-electron chi connectivity index (χ2n) is 7.56. The van der Waals surface area contributed by atoms with Crippen LogP contribution in [0.15, 0.2) is 60.7 Å². The zero-order valence-electron chi connectivity index (χ0n) is 18.5. The second kappa shape index (κ2) is 10.7. The lowest BCUT2D eigenvalue weighted by atomic mass is 9.98. The van der Waals surface area contributed by atoms with Gasteiger partial charge in [-0.05, 0) is 13.0 Å². The summed E-state index contributed by atoms with van der Waals surface area (Å²) in [5.41, 5.74) is 1.24. The molecule has 0 aliphatic carbocycles. The first-order chi connectivity index (χ1) is 16.1. The molecule has 0 spiro atoms. The van der Waals surface area contributed by atoms with E-state index in [-0.39, 0.29) is 24.8 Å². The Bertz CT molecular complexity index is 1110. The van der Waals surface area contributed by atoms with Crippen LogP contribution in [0.2, 0.25) is 0 Å². The first kappa shape index (κ1) is 22.4. The quantitative estimate of drug-likeness (QED) is 0.420. The summed E-state index contributed by atoms with van der Waals surface area (Å²) >= 11 is 0. The number of anilines is 1.